The van der Waals surface area contributed by atoms with E-state index in [4.69, 9.17) is 5.73 Å². The molecule has 0 unspecified atom stereocenters. The van der Waals surface area contributed by atoms with Gasteiger partial charge in [-0.1, -0.05) is 20.8 Å². The van der Waals surface area contributed by atoms with Crippen molar-refractivity contribution in [2.75, 3.05) is 5.32 Å². The summed E-state index contributed by atoms with van der Waals surface area (Å²) in [5.41, 5.74) is 7.07. The second kappa shape index (κ2) is 5.33. The first-order chi connectivity index (χ1) is 8.90. The Hall–Kier alpha value is -1.36. The molecule has 1 aliphatic rings. The molecular weight excluding hydrogens is 260 g/mol. The Morgan fingerprint density at radius 3 is 2.68 bits per heavy atom. The first kappa shape index (κ1) is 14.1. The van der Waals surface area contributed by atoms with Crippen molar-refractivity contribution in [1.29, 1.82) is 0 Å². The van der Waals surface area contributed by atoms with Crippen LogP contribution in [0.5, 0.6) is 0 Å². The van der Waals surface area contributed by atoms with E-state index in [-0.39, 0.29) is 11.8 Å². The molecule has 1 aromatic heterocycles. The molecule has 19 heavy (non-hydrogen) atoms. The van der Waals surface area contributed by atoms with Crippen LogP contribution in [0.15, 0.2) is 0 Å². The summed E-state index contributed by atoms with van der Waals surface area (Å²) < 4.78 is 0. The molecule has 0 aliphatic heterocycles. The van der Waals surface area contributed by atoms with Gasteiger partial charge in [-0.25, -0.2) is 0 Å². The van der Waals surface area contributed by atoms with Crippen molar-refractivity contribution in [2.45, 2.75) is 40.0 Å². The SMILES string of the molecule is CC(C)C(=O)Nc1sc2c(c1C(N)=O)CC[C@H](C)C2. The minimum absolute atomic E-state index is 0.0749. The van der Waals surface area contributed by atoms with Crippen LogP contribution in [0, 0.1) is 11.8 Å². The highest BCUT2D eigenvalue weighted by Crippen LogP contribution is 2.39. The maximum absolute atomic E-state index is 11.8. The van der Waals surface area contributed by atoms with Gasteiger partial charge in [0.1, 0.15) is 5.00 Å². The van der Waals surface area contributed by atoms with Crippen LogP contribution in [-0.4, -0.2) is 11.8 Å². The van der Waals surface area contributed by atoms with Gasteiger partial charge in [-0.2, -0.15) is 0 Å². The zero-order valence-corrected chi connectivity index (χ0v) is 12.4. The second-order valence-electron chi connectivity index (χ2n) is 5.56. The molecule has 3 N–H and O–H groups in total. The van der Waals surface area contributed by atoms with Crippen LogP contribution >= 0.6 is 11.3 Å². The summed E-state index contributed by atoms with van der Waals surface area (Å²) in [7, 11) is 0. The van der Waals surface area contributed by atoms with Gasteiger partial charge in [-0.15, -0.1) is 11.3 Å². The molecule has 1 heterocycles. The molecule has 5 heteroatoms. The second-order valence-corrected chi connectivity index (χ2v) is 6.67. The molecule has 0 radical (unpaired) electrons. The van der Waals surface area contributed by atoms with Gasteiger partial charge in [0.2, 0.25) is 5.91 Å². The molecule has 2 amide bonds. The highest BCUT2D eigenvalue weighted by molar-refractivity contribution is 7.17. The Balaban J connectivity index is 2.38. The van der Waals surface area contributed by atoms with Crippen LogP contribution in [0.4, 0.5) is 5.00 Å². The Labute approximate surface area is 117 Å². The van der Waals surface area contributed by atoms with E-state index in [0.29, 0.717) is 16.5 Å². The highest BCUT2D eigenvalue weighted by Gasteiger charge is 2.27. The first-order valence-corrected chi connectivity index (χ1v) is 7.47. The molecule has 4 nitrogen and oxygen atoms in total. The first-order valence-electron chi connectivity index (χ1n) is 6.65. The Kier molecular flexibility index (Phi) is 3.94. The molecule has 0 saturated carbocycles. The van der Waals surface area contributed by atoms with Crippen molar-refractivity contribution in [2.24, 2.45) is 17.6 Å². The summed E-state index contributed by atoms with van der Waals surface area (Å²) in [6.07, 6.45) is 2.92. The van der Waals surface area contributed by atoms with Gasteiger partial charge in [0.15, 0.2) is 0 Å². The van der Waals surface area contributed by atoms with Crippen LogP contribution in [-0.2, 0) is 17.6 Å². The predicted octanol–water partition coefficient (Wildman–Crippen LogP) is 2.57. The maximum Gasteiger partial charge on any atom is 0.251 e. The number of hydrogen-bond acceptors (Lipinski definition) is 3. The van der Waals surface area contributed by atoms with E-state index in [9.17, 15) is 9.59 Å². The standard InChI is InChI=1S/C14H20N2O2S/c1-7(2)13(18)16-14-11(12(15)17)9-5-4-8(3)6-10(9)19-14/h7-8H,4-6H2,1-3H3,(H2,15,17)(H,16,18)/t8-/m0/s1. The van der Waals surface area contributed by atoms with Gasteiger partial charge in [0.25, 0.3) is 5.91 Å². The number of nitrogens with one attached hydrogen (secondary N) is 1. The zero-order valence-electron chi connectivity index (χ0n) is 11.6. The summed E-state index contributed by atoms with van der Waals surface area (Å²) in [5, 5.41) is 3.47. The molecule has 1 aliphatic carbocycles. The summed E-state index contributed by atoms with van der Waals surface area (Å²) >= 11 is 1.51. The third-order valence-corrected chi connectivity index (χ3v) is 4.69. The van der Waals surface area contributed by atoms with E-state index in [1.807, 2.05) is 13.8 Å². The van der Waals surface area contributed by atoms with Crippen LogP contribution in [0.25, 0.3) is 0 Å². The number of thiophene rings is 1. The van der Waals surface area contributed by atoms with Crippen molar-refractivity contribution in [3.05, 3.63) is 16.0 Å². The number of anilines is 1. The van der Waals surface area contributed by atoms with Crippen molar-refractivity contribution < 1.29 is 9.59 Å². The molecule has 1 atom stereocenters. The topological polar surface area (TPSA) is 72.2 Å². The van der Waals surface area contributed by atoms with Crippen LogP contribution in [0.1, 0.15) is 48.0 Å². The van der Waals surface area contributed by atoms with Crippen LogP contribution in [0.2, 0.25) is 0 Å². The fraction of sp³-hybridized carbons (Fsp3) is 0.571. The lowest BCUT2D eigenvalue weighted by atomic mass is 9.88. The number of fused-ring (bicyclic) bond motifs is 1. The number of primary amides is 1. The minimum atomic E-state index is -0.439. The number of rotatable bonds is 3. The van der Waals surface area contributed by atoms with E-state index >= 15 is 0 Å². The largest absolute Gasteiger partial charge is 0.365 e. The molecule has 0 bridgehead atoms. The zero-order chi connectivity index (χ0) is 14.2. The Morgan fingerprint density at radius 2 is 2.11 bits per heavy atom. The Morgan fingerprint density at radius 1 is 1.42 bits per heavy atom. The molecule has 0 saturated heterocycles. The average molecular weight is 280 g/mol. The van der Waals surface area contributed by atoms with E-state index in [0.717, 1.165) is 24.8 Å². The van der Waals surface area contributed by atoms with E-state index < -0.39 is 5.91 Å². The molecule has 0 spiro atoms. The van der Waals surface area contributed by atoms with Gasteiger partial charge in [0, 0.05) is 10.8 Å². The molecule has 104 valence electrons. The number of carbonyl (C=O) groups is 2. The fourth-order valence-electron chi connectivity index (χ4n) is 2.36. The lowest BCUT2D eigenvalue weighted by Crippen LogP contribution is -2.21. The molecule has 1 aromatic rings. The van der Waals surface area contributed by atoms with Crippen molar-refractivity contribution in [1.82, 2.24) is 0 Å². The molecular formula is C14H20N2O2S. The highest BCUT2D eigenvalue weighted by atomic mass is 32.1. The third kappa shape index (κ3) is 2.81. The summed E-state index contributed by atoms with van der Waals surface area (Å²) in [6.45, 7) is 5.86. The molecule has 2 rings (SSSR count). The monoisotopic (exact) mass is 280 g/mol. The predicted molar refractivity (Wildman–Crippen MR) is 77.5 cm³/mol. The maximum atomic E-state index is 11.8. The van der Waals surface area contributed by atoms with Gasteiger partial charge in [-0.05, 0) is 30.7 Å². The normalized spacial score (nSPS) is 18.2. The third-order valence-electron chi connectivity index (χ3n) is 3.52. The van der Waals surface area contributed by atoms with Gasteiger partial charge in [0.05, 0.1) is 5.56 Å². The lowest BCUT2D eigenvalue weighted by Gasteiger charge is -2.18. The van der Waals surface area contributed by atoms with Crippen LogP contribution < -0.4 is 11.1 Å². The van der Waals surface area contributed by atoms with E-state index in [1.165, 1.54) is 16.2 Å². The van der Waals surface area contributed by atoms with E-state index in [1.54, 1.807) is 0 Å². The number of carbonyl (C=O) groups excluding carboxylic acids is 2. The fourth-order valence-corrected chi connectivity index (χ4v) is 3.77. The van der Waals surface area contributed by atoms with Crippen molar-refractivity contribution in [3.8, 4) is 0 Å². The lowest BCUT2D eigenvalue weighted by molar-refractivity contribution is -0.118. The van der Waals surface area contributed by atoms with E-state index in [2.05, 4.69) is 12.2 Å². The minimum Gasteiger partial charge on any atom is -0.365 e. The number of hydrogen-bond donors (Lipinski definition) is 2. The van der Waals surface area contributed by atoms with Gasteiger partial charge in [-0.3, -0.25) is 9.59 Å². The van der Waals surface area contributed by atoms with Crippen LogP contribution in [0.3, 0.4) is 0 Å². The van der Waals surface area contributed by atoms with Crippen molar-refractivity contribution >= 4 is 28.2 Å². The van der Waals surface area contributed by atoms with Crippen molar-refractivity contribution in [3.63, 3.8) is 0 Å². The molecule has 0 fully saturated rings. The summed E-state index contributed by atoms with van der Waals surface area (Å²) in [6, 6.07) is 0. The van der Waals surface area contributed by atoms with Gasteiger partial charge < -0.3 is 11.1 Å². The number of amides is 2. The number of nitrogens with two attached hydrogens (primary N) is 1. The summed E-state index contributed by atoms with van der Waals surface area (Å²) in [5.74, 6) is -0.000408. The molecule has 0 aromatic carbocycles. The van der Waals surface area contributed by atoms with Gasteiger partial charge >= 0.3 is 0 Å². The smallest absolute Gasteiger partial charge is 0.251 e. The summed E-state index contributed by atoms with van der Waals surface area (Å²) in [4.78, 5) is 24.7. The average Bonchev–Trinajstić information content (AvgIpc) is 2.65. The Bertz CT molecular complexity index is 520. The quantitative estimate of drug-likeness (QED) is 0.893.